The molecule has 5 atom stereocenters. The van der Waals surface area contributed by atoms with E-state index >= 15 is 0 Å². The van der Waals surface area contributed by atoms with Crippen LogP contribution in [0.15, 0.2) is 102 Å². The first-order valence-corrected chi connectivity index (χ1v) is 18.2. The third-order valence-electron chi connectivity index (χ3n) is 9.51. The van der Waals surface area contributed by atoms with Crippen LogP contribution in [0.5, 0.6) is 11.5 Å². The highest BCUT2D eigenvalue weighted by atomic mass is 32.2. The number of likely N-dealkylation sites (tertiary alicyclic amines) is 1. The topological polar surface area (TPSA) is 164 Å². The average Bonchev–Trinajstić information content (AvgIpc) is 3.70. The van der Waals surface area contributed by atoms with E-state index in [1.807, 2.05) is 42.5 Å². The minimum Gasteiger partial charge on any atom is -0.497 e. The van der Waals surface area contributed by atoms with Crippen LogP contribution in [-0.4, -0.2) is 79.1 Å². The summed E-state index contributed by atoms with van der Waals surface area (Å²) >= 11 is 0. The number of hydrogen-bond acceptors (Lipinski definition) is 9. The highest BCUT2D eigenvalue weighted by molar-refractivity contribution is 7.90. The molecule has 3 N–H and O–H groups in total. The maximum atomic E-state index is 14.1. The first kappa shape index (κ1) is 35.6. The van der Waals surface area contributed by atoms with Gasteiger partial charge in [0, 0.05) is 47.9 Å². The molecule has 2 fully saturated rings. The van der Waals surface area contributed by atoms with Crippen LogP contribution < -0.4 is 19.5 Å². The number of aromatic nitrogens is 1. The van der Waals surface area contributed by atoms with Crippen LogP contribution in [0.25, 0.3) is 22.2 Å². The SMILES string of the molecule is C=C[C@@H]1C[C@]1(NC(=O)[C@@H]1C[C@@H](Oc2cc(-c3ccccc3)nc3cc(OC)ccc23)CN1C(=O)[C@@H](C)CCO)C(=O)NS(=O)(=O)c1ccccc1. The number of benzene rings is 3. The summed E-state index contributed by atoms with van der Waals surface area (Å²) in [6, 6.07) is 23.3. The molecule has 51 heavy (non-hydrogen) atoms. The maximum Gasteiger partial charge on any atom is 0.264 e. The summed E-state index contributed by atoms with van der Waals surface area (Å²) in [6.45, 7) is 5.28. The van der Waals surface area contributed by atoms with Gasteiger partial charge in [0.15, 0.2) is 0 Å². The zero-order valence-corrected chi connectivity index (χ0v) is 29.1. The summed E-state index contributed by atoms with van der Waals surface area (Å²) in [5.74, 6) is -1.89. The molecule has 1 aromatic heterocycles. The van der Waals surface area contributed by atoms with Gasteiger partial charge in [0.05, 0.1) is 29.8 Å². The fourth-order valence-corrected chi connectivity index (χ4v) is 7.58. The van der Waals surface area contributed by atoms with Crippen molar-refractivity contribution in [3.63, 3.8) is 0 Å². The molecule has 13 heteroatoms. The smallest absolute Gasteiger partial charge is 0.264 e. The molecule has 266 valence electrons. The zero-order chi connectivity index (χ0) is 36.3. The molecule has 0 unspecified atom stereocenters. The van der Waals surface area contributed by atoms with Crippen molar-refractivity contribution >= 4 is 38.6 Å². The number of carbonyl (C=O) groups is 3. The Kier molecular flexibility index (Phi) is 10.1. The van der Waals surface area contributed by atoms with Crippen LogP contribution in [0.2, 0.25) is 0 Å². The van der Waals surface area contributed by atoms with Gasteiger partial charge in [-0.15, -0.1) is 6.58 Å². The van der Waals surface area contributed by atoms with Gasteiger partial charge in [-0.1, -0.05) is 61.5 Å². The van der Waals surface area contributed by atoms with Crippen molar-refractivity contribution in [2.75, 3.05) is 20.3 Å². The number of fused-ring (bicyclic) bond motifs is 1. The highest BCUT2D eigenvalue weighted by Gasteiger charge is 2.61. The Hall–Kier alpha value is -5.27. The molecule has 0 spiro atoms. The Bertz CT molecular complexity index is 2060. The Morgan fingerprint density at radius 2 is 1.78 bits per heavy atom. The number of amides is 3. The Balaban J connectivity index is 1.29. The third-order valence-corrected chi connectivity index (χ3v) is 10.9. The van der Waals surface area contributed by atoms with Crippen LogP contribution in [0.3, 0.4) is 0 Å². The first-order valence-electron chi connectivity index (χ1n) is 16.7. The summed E-state index contributed by atoms with van der Waals surface area (Å²) in [7, 11) is -2.66. The van der Waals surface area contributed by atoms with E-state index in [2.05, 4.69) is 16.6 Å². The number of methoxy groups -OCH3 is 1. The standard InChI is InChI=1S/C38H40N4O8S/c1-4-26-22-38(26,37(46)41-51(47,48)29-13-9-6-10-14-29)40-35(44)33-20-28(23-42(33)36(45)24(2)17-18-43)50-34-21-31(25-11-7-5-8-12-25)39-32-19-27(49-3)15-16-30(32)34/h4-16,19,21,24,26,28,33,43H,1,17-18,20,22-23H2,2-3H3,(H,40,44)(H,41,46)/t24-,26+,28+,33-,38+/m0/s1. The monoisotopic (exact) mass is 712 g/mol. The Morgan fingerprint density at radius 1 is 1.08 bits per heavy atom. The molecule has 1 saturated heterocycles. The largest absolute Gasteiger partial charge is 0.497 e. The number of sulfonamides is 1. The second-order valence-corrected chi connectivity index (χ2v) is 14.6. The van der Waals surface area contributed by atoms with Crippen molar-refractivity contribution in [3.8, 4) is 22.8 Å². The number of nitrogens with one attached hydrogen (secondary N) is 2. The summed E-state index contributed by atoms with van der Waals surface area (Å²) in [4.78, 5) is 47.6. The van der Waals surface area contributed by atoms with Crippen molar-refractivity contribution in [1.82, 2.24) is 19.9 Å². The molecule has 1 aliphatic carbocycles. The minimum absolute atomic E-state index is 0.0554. The van der Waals surface area contributed by atoms with Crippen molar-refractivity contribution in [1.29, 1.82) is 0 Å². The van der Waals surface area contributed by atoms with Crippen molar-refractivity contribution in [2.24, 2.45) is 11.8 Å². The number of ether oxygens (including phenoxy) is 2. The lowest BCUT2D eigenvalue weighted by Gasteiger charge is -2.28. The number of hydrogen-bond donors (Lipinski definition) is 3. The van der Waals surface area contributed by atoms with Gasteiger partial charge in [0.25, 0.3) is 15.9 Å². The number of aliphatic hydroxyl groups is 1. The Labute approximate surface area is 296 Å². The van der Waals surface area contributed by atoms with Gasteiger partial charge in [0.2, 0.25) is 11.8 Å². The van der Waals surface area contributed by atoms with Crippen LogP contribution in [0.1, 0.15) is 26.2 Å². The van der Waals surface area contributed by atoms with E-state index in [4.69, 9.17) is 14.5 Å². The second kappa shape index (κ2) is 14.5. The van der Waals surface area contributed by atoms with Gasteiger partial charge in [-0.05, 0) is 37.1 Å². The van der Waals surface area contributed by atoms with E-state index in [1.165, 1.54) is 35.2 Å². The maximum absolute atomic E-state index is 14.1. The average molecular weight is 713 g/mol. The quantitative estimate of drug-likeness (QED) is 0.175. The number of nitrogens with zero attached hydrogens (tertiary/aromatic N) is 2. The molecule has 1 aliphatic heterocycles. The molecule has 12 nitrogen and oxygen atoms in total. The lowest BCUT2D eigenvalue weighted by molar-refractivity contribution is -0.142. The lowest BCUT2D eigenvalue weighted by Crippen LogP contribution is -2.56. The van der Waals surface area contributed by atoms with E-state index in [1.54, 1.807) is 32.2 Å². The first-order chi connectivity index (χ1) is 24.5. The summed E-state index contributed by atoms with van der Waals surface area (Å²) < 4.78 is 40.2. The summed E-state index contributed by atoms with van der Waals surface area (Å²) in [6.07, 6.45) is 1.27. The Morgan fingerprint density at radius 3 is 2.43 bits per heavy atom. The van der Waals surface area contributed by atoms with Crippen molar-refractivity contribution < 1.29 is 37.4 Å². The fourth-order valence-electron chi connectivity index (χ4n) is 6.52. The van der Waals surface area contributed by atoms with Gasteiger partial charge in [-0.3, -0.25) is 14.4 Å². The molecule has 6 rings (SSSR count). The summed E-state index contributed by atoms with van der Waals surface area (Å²) in [5.41, 5.74) is 0.580. The third kappa shape index (κ3) is 7.31. The molecular formula is C38H40N4O8S. The molecule has 3 amide bonds. The molecule has 0 radical (unpaired) electrons. The van der Waals surface area contributed by atoms with E-state index in [-0.39, 0.29) is 43.2 Å². The molecule has 2 aliphatic rings. The van der Waals surface area contributed by atoms with E-state index < -0.39 is 51.4 Å². The molecule has 2 heterocycles. The van der Waals surface area contributed by atoms with Gasteiger partial charge in [-0.25, -0.2) is 18.1 Å². The molecular weight excluding hydrogens is 673 g/mol. The summed E-state index contributed by atoms with van der Waals surface area (Å²) in [5, 5.41) is 13.1. The second-order valence-electron chi connectivity index (χ2n) is 12.9. The highest BCUT2D eigenvalue weighted by Crippen LogP contribution is 2.45. The number of pyridine rings is 1. The number of aliphatic hydroxyl groups excluding tert-OH is 1. The van der Waals surface area contributed by atoms with Crippen LogP contribution >= 0.6 is 0 Å². The molecule has 3 aromatic carbocycles. The zero-order valence-electron chi connectivity index (χ0n) is 28.3. The molecule has 4 aromatic rings. The van der Waals surface area contributed by atoms with Gasteiger partial charge >= 0.3 is 0 Å². The molecule has 0 bridgehead atoms. The van der Waals surface area contributed by atoms with Gasteiger partial charge < -0.3 is 24.8 Å². The van der Waals surface area contributed by atoms with Crippen LogP contribution in [-0.2, 0) is 24.4 Å². The number of rotatable bonds is 13. The normalized spacial score (nSPS) is 21.8. The van der Waals surface area contributed by atoms with E-state index in [9.17, 15) is 27.9 Å². The lowest BCUT2D eigenvalue weighted by atomic mass is 10.1. The minimum atomic E-state index is -4.23. The predicted molar refractivity (Wildman–Crippen MR) is 190 cm³/mol. The molecule has 1 saturated carbocycles. The van der Waals surface area contributed by atoms with Gasteiger partial charge in [0.1, 0.15) is 29.2 Å². The van der Waals surface area contributed by atoms with Crippen LogP contribution in [0.4, 0.5) is 0 Å². The van der Waals surface area contributed by atoms with Crippen molar-refractivity contribution in [3.05, 3.63) is 97.6 Å². The predicted octanol–water partition coefficient (Wildman–Crippen LogP) is 3.84. The fraction of sp³-hybridized carbons (Fsp3) is 0.316. The van der Waals surface area contributed by atoms with Crippen LogP contribution in [0, 0.1) is 11.8 Å². The van der Waals surface area contributed by atoms with Gasteiger partial charge in [-0.2, -0.15) is 0 Å². The van der Waals surface area contributed by atoms with E-state index in [0.717, 1.165) is 5.56 Å². The number of carbonyl (C=O) groups excluding carboxylic acids is 3. The van der Waals surface area contributed by atoms with E-state index in [0.29, 0.717) is 28.1 Å². The van der Waals surface area contributed by atoms with Crippen molar-refractivity contribution in [2.45, 2.75) is 48.8 Å².